The van der Waals surface area contributed by atoms with E-state index < -0.39 is 11.4 Å². The lowest BCUT2D eigenvalue weighted by atomic mass is 9.51. The quantitative estimate of drug-likeness (QED) is 0.514. The maximum absolute atomic E-state index is 10.5. The highest BCUT2D eigenvalue weighted by atomic mass is 16.6. The molecular formula is C11H16O4. The summed E-state index contributed by atoms with van der Waals surface area (Å²) in [4.78, 5) is 10.5. The van der Waals surface area contributed by atoms with Crippen molar-refractivity contribution in [3.05, 3.63) is 0 Å². The topological polar surface area (TPSA) is 66.8 Å². The van der Waals surface area contributed by atoms with E-state index in [0.717, 1.165) is 19.3 Å². The van der Waals surface area contributed by atoms with Crippen molar-refractivity contribution in [1.82, 2.24) is 0 Å². The maximum atomic E-state index is 10.5. The van der Waals surface area contributed by atoms with E-state index in [0.29, 0.717) is 31.1 Å². The summed E-state index contributed by atoms with van der Waals surface area (Å²) in [5, 5.41) is 20.3. The second kappa shape index (κ2) is 2.74. The van der Waals surface area contributed by atoms with Gasteiger partial charge in [0.25, 0.3) is 6.47 Å². The molecule has 4 saturated carbocycles. The van der Waals surface area contributed by atoms with Gasteiger partial charge in [-0.25, -0.2) is 0 Å². The minimum absolute atomic E-state index is 0.108. The van der Waals surface area contributed by atoms with Gasteiger partial charge in [0.1, 0.15) is 0 Å². The Kier molecular flexibility index (Phi) is 1.75. The number of hydrogen-bond donors (Lipinski definition) is 2. The molecule has 0 radical (unpaired) electrons. The molecule has 0 aromatic carbocycles. The van der Waals surface area contributed by atoms with Crippen LogP contribution in [0.4, 0.5) is 0 Å². The van der Waals surface area contributed by atoms with Crippen molar-refractivity contribution in [1.29, 1.82) is 0 Å². The summed E-state index contributed by atoms with van der Waals surface area (Å²) in [6.45, 7) is 0.369. The molecule has 4 bridgehead atoms. The molecule has 2 N–H and O–H groups in total. The first-order valence-electron chi connectivity index (χ1n) is 5.63. The van der Waals surface area contributed by atoms with Gasteiger partial charge in [-0.15, -0.1) is 0 Å². The van der Waals surface area contributed by atoms with Crippen LogP contribution >= 0.6 is 0 Å². The molecule has 2 atom stereocenters. The summed E-state index contributed by atoms with van der Waals surface area (Å²) >= 11 is 0. The standard InChI is InChI=1S/C11H16O4/c12-6-15-10-4-7-1-8(5-10)3-9(2-7)11(10,13)14/h6-9,13-14H,1-5H2. The van der Waals surface area contributed by atoms with Crippen LogP contribution in [0.15, 0.2) is 0 Å². The van der Waals surface area contributed by atoms with E-state index in [4.69, 9.17) is 4.74 Å². The maximum Gasteiger partial charge on any atom is 0.293 e. The average Bonchev–Trinajstić information content (AvgIpc) is 2.14. The molecule has 0 aromatic rings. The molecule has 4 aliphatic carbocycles. The van der Waals surface area contributed by atoms with Gasteiger partial charge in [-0.2, -0.15) is 0 Å². The number of ether oxygens (including phenoxy) is 1. The van der Waals surface area contributed by atoms with Crippen LogP contribution in [-0.2, 0) is 9.53 Å². The summed E-state index contributed by atoms with van der Waals surface area (Å²) in [7, 11) is 0. The van der Waals surface area contributed by atoms with Crippen LogP contribution in [0, 0.1) is 17.8 Å². The number of carbonyl (C=O) groups excluding carboxylic acids is 1. The third kappa shape index (κ3) is 1.06. The van der Waals surface area contributed by atoms with Crippen LogP contribution in [0.3, 0.4) is 0 Å². The summed E-state index contributed by atoms with van der Waals surface area (Å²) < 4.78 is 5.08. The smallest absolute Gasteiger partial charge is 0.293 e. The van der Waals surface area contributed by atoms with Gasteiger partial charge < -0.3 is 14.9 Å². The van der Waals surface area contributed by atoms with Gasteiger partial charge >= 0.3 is 0 Å². The molecule has 0 aliphatic heterocycles. The Morgan fingerprint density at radius 1 is 1.13 bits per heavy atom. The number of rotatable bonds is 2. The van der Waals surface area contributed by atoms with Crippen LogP contribution in [0.1, 0.15) is 32.1 Å². The number of hydrogen-bond acceptors (Lipinski definition) is 4. The Balaban J connectivity index is 2.00. The molecule has 4 rings (SSSR count). The Labute approximate surface area is 88.2 Å². The minimum Gasteiger partial charge on any atom is -0.455 e. The minimum atomic E-state index is -1.80. The highest BCUT2D eigenvalue weighted by Gasteiger charge is 2.66. The van der Waals surface area contributed by atoms with Crippen molar-refractivity contribution in [2.24, 2.45) is 17.8 Å². The molecule has 0 saturated heterocycles. The summed E-state index contributed by atoms with van der Waals surface area (Å²) in [5.74, 6) is -0.894. The average molecular weight is 212 g/mol. The Morgan fingerprint density at radius 3 is 2.27 bits per heavy atom. The highest BCUT2D eigenvalue weighted by Crippen LogP contribution is 2.60. The van der Waals surface area contributed by atoms with Crippen molar-refractivity contribution in [2.75, 3.05) is 0 Å². The molecule has 84 valence electrons. The largest absolute Gasteiger partial charge is 0.455 e. The fraction of sp³-hybridized carbons (Fsp3) is 0.909. The van der Waals surface area contributed by atoms with Crippen LogP contribution in [0.2, 0.25) is 0 Å². The molecule has 4 aliphatic rings. The molecule has 4 nitrogen and oxygen atoms in total. The second-order valence-electron chi connectivity index (χ2n) is 5.48. The zero-order valence-electron chi connectivity index (χ0n) is 8.56. The lowest BCUT2D eigenvalue weighted by molar-refractivity contribution is -0.357. The summed E-state index contributed by atoms with van der Waals surface area (Å²) in [5.41, 5.74) is -1.01. The van der Waals surface area contributed by atoms with E-state index in [2.05, 4.69) is 0 Å². The van der Waals surface area contributed by atoms with E-state index in [9.17, 15) is 15.0 Å². The number of carbonyl (C=O) groups is 1. The van der Waals surface area contributed by atoms with Gasteiger partial charge in [0, 0.05) is 5.92 Å². The molecule has 15 heavy (non-hydrogen) atoms. The zero-order chi connectivity index (χ0) is 10.7. The van der Waals surface area contributed by atoms with Crippen molar-refractivity contribution in [3.8, 4) is 0 Å². The van der Waals surface area contributed by atoms with Gasteiger partial charge in [0.05, 0.1) is 0 Å². The van der Waals surface area contributed by atoms with Crippen molar-refractivity contribution >= 4 is 6.47 Å². The normalized spacial score (nSPS) is 50.4. The Morgan fingerprint density at radius 2 is 1.73 bits per heavy atom. The fourth-order valence-corrected chi connectivity index (χ4v) is 4.19. The zero-order valence-corrected chi connectivity index (χ0v) is 8.56. The predicted molar refractivity (Wildman–Crippen MR) is 50.6 cm³/mol. The third-order valence-electron chi connectivity index (χ3n) is 4.65. The van der Waals surface area contributed by atoms with Gasteiger partial charge in [0.2, 0.25) is 5.79 Å². The van der Waals surface area contributed by atoms with E-state index in [1.54, 1.807) is 0 Å². The van der Waals surface area contributed by atoms with Crippen LogP contribution in [0.25, 0.3) is 0 Å². The SMILES string of the molecule is O=COC12CC3CC(CC(C3)C1(O)O)C2. The molecule has 2 unspecified atom stereocenters. The fourth-order valence-electron chi connectivity index (χ4n) is 4.19. The lowest BCUT2D eigenvalue weighted by Crippen LogP contribution is -2.69. The molecular weight excluding hydrogens is 196 g/mol. The first-order chi connectivity index (χ1) is 7.07. The molecule has 0 aromatic heterocycles. The lowest BCUT2D eigenvalue weighted by Gasteiger charge is -2.61. The Bertz CT molecular complexity index is 285. The van der Waals surface area contributed by atoms with E-state index in [1.807, 2.05) is 0 Å². The molecule has 0 amide bonds. The van der Waals surface area contributed by atoms with Crippen LogP contribution < -0.4 is 0 Å². The second-order valence-corrected chi connectivity index (χ2v) is 5.48. The summed E-state index contributed by atoms with van der Waals surface area (Å²) in [6, 6.07) is 0. The molecule has 4 fully saturated rings. The predicted octanol–water partition coefficient (Wildman–Crippen LogP) is 0.419. The first-order valence-corrected chi connectivity index (χ1v) is 5.63. The van der Waals surface area contributed by atoms with Gasteiger partial charge in [-0.3, -0.25) is 4.79 Å². The van der Waals surface area contributed by atoms with E-state index in [-0.39, 0.29) is 5.92 Å². The van der Waals surface area contributed by atoms with Crippen molar-refractivity contribution in [2.45, 2.75) is 43.5 Å². The van der Waals surface area contributed by atoms with Crippen molar-refractivity contribution in [3.63, 3.8) is 0 Å². The van der Waals surface area contributed by atoms with Gasteiger partial charge in [0.15, 0.2) is 5.60 Å². The monoisotopic (exact) mass is 212 g/mol. The molecule has 0 spiro atoms. The van der Waals surface area contributed by atoms with Crippen LogP contribution in [0.5, 0.6) is 0 Å². The van der Waals surface area contributed by atoms with Gasteiger partial charge in [-0.1, -0.05) is 0 Å². The highest BCUT2D eigenvalue weighted by molar-refractivity contribution is 5.39. The summed E-state index contributed by atoms with van der Waals surface area (Å²) in [6.07, 6.45) is 4.13. The molecule has 0 heterocycles. The van der Waals surface area contributed by atoms with Crippen LogP contribution in [-0.4, -0.2) is 28.1 Å². The third-order valence-corrected chi connectivity index (χ3v) is 4.65. The Hall–Kier alpha value is -0.610. The molecule has 4 heteroatoms. The van der Waals surface area contributed by atoms with E-state index >= 15 is 0 Å². The van der Waals surface area contributed by atoms with Gasteiger partial charge in [-0.05, 0) is 43.9 Å². The first kappa shape index (κ1) is 9.60. The van der Waals surface area contributed by atoms with Crippen molar-refractivity contribution < 1.29 is 19.7 Å². The number of aliphatic hydroxyl groups is 2. The van der Waals surface area contributed by atoms with E-state index in [1.165, 1.54) is 0 Å².